The number of rotatable bonds is 4. The largest absolute Gasteiger partial charge is 0.478 e. The van der Waals surface area contributed by atoms with Crippen molar-refractivity contribution in [3.05, 3.63) is 52.3 Å². The number of carboxylic acids is 1. The van der Waals surface area contributed by atoms with Crippen molar-refractivity contribution < 1.29 is 14.7 Å². The molecular formula is C19H25N3O3. The van der Waals surface area contributed by atoms with Crippen molar-refractivity contribution in [3.63, 3.8) is 0 Å². The van der Waals surface area contributed by atoms with E-state index < -0.39 is 5.97 Å². The summed E-state index contributed by atoms with van der Waals surface area (Å²) in [7, 11) is 0. The molecule has 0 saturated heterocycles. The lowest BCUT2D eigenvalue weighted by molar-refractivity contribution is 0.0696. The van der Waals surface area contributed by atoms with Gasteiger partial charge in [-0.1, -0.05) is 0 Å². The summed E-state index contributed by atoms with van der Waals surface area (Å²) in [5.74, 6) is -1.35. The number of hydrogen-bond donors (Lipinski definition) is 2. The highest BCUT2D eigenvalue weighted by Gasteiger charge is 2.21. The molecule has 0 aliphatic rings. The Morgan fingerprint density at radius 2 is 1.76 bits per heavy atom. The van der Waals surface area contributed by atoms with Gasteiger partial charge < -0.3 is 10.4 Å². The number of nitrogens with zero attached hydrogens (tertiary/aromatic N) is 2. The van der Waals surface area contributed by atoms with E-state index in [9.17, 15) is 9.59 Å². The van der Waals surface area contributed by atoms with E-state index in [-0.39, 0.29) is 23.1 Å². The van der Waals surface area contributed by atoms with E-state index >= 15 is 0 Å². The highest BCUT2D eigenvalue weighted by molar-refractivity contribution is 5.98. The van der Waals surface area contributed by atoms with Gasteiger partial charge in [-0.3, -0.25) is 9.48 Å². The Morgan fingerprint density at radius 3 is 2.28 bits per heavy atom. The number of aryl methyl sites for hydroxylation is 2. The van der Waals surface area contributed by atoms with E-state index in [1.165, 1.54) is 6.07 Å². The fourth-order valence-electron chi connectivity index (χ4n) is 2.64. The number of carbonyl (C=O) groups is 2. The van der Waals surface area contributed by atoms with Gasteiger partial charge in [0, 0.05) is 17.3 Å². The Hall–Kier alpha value is -2.63. The topological polar surface area (TPSA) is 84.2 Å². The molecule has 0 radical (unpaired) electrons. The third-order valence-electron chi connectivity index (χ3n) is 4.02. The molecule has 2 rings (SSSR count). The summed E-state index contributed by atoms with van der Waals surface area (Å²) < 4.78 is 1.88. The number of carboxylic acid groups (broad SMARTS) is 1. The maximum absolute atomic E-state index is 12.5. The lowest BCUT2D eigenvalue weighted by atomic mass is 10.0. The fraction of sp³-hybridized carbons (Fsp3) is 0.421. The Balaban J connectivity index is 2.24. The predicted molar refractivity (Wildman–Crippen MR) is 96.0 cm³/mol. The normalized spacial score (nSPS) is 12.7. The molecule has 2 N–H and O–H groups in total. The highest BCUT2D eigenvalue weighted by Crippen LogP contribution is 2.21. The average molecular weight is 343 g/mol. The van der Waals surface area contributed by atoms with Gasteiger partial charge in [-0.2, -0.15) is 5.10 Å². The van der Waals surface area contributed by atoms with E-state index in [1.807, 2.05) is 24.7 Å². The van der Waals surface area contributed by atoms with Crippen LogP contribution in [0.25, 0.3) is 0 Å². The smallest absolute Gasteiger partial charge is 0.335 e. The number of aromatic nitrogens is 2. The molecule has 1 amide bonds. The van der Waals surface area contributed by atoms with Gasteiger partial charge in [0.2, 0.25) is 0 Å². The second-order valence-corrected chi connectivity index (χ2v) is 7.37. The van der Waals surface area contributed by atoms with E-state index in [0.717, 1.165) is 16.8 Å². The summed E-state index contributed by atoms with van der Waals surface area (Å²) in [6, 6.07) is 4.38. The summed E-state index contributed by atoms with van der Waals surface area (Å²) in [6.45, 7) is 11.8. The summed E-state index contributed by atoms with van der Waals surface area (Å²) in [5.41, 5.74) is 2.83. The van der Waals surface area contributed by atoms with E-state index in [2.05, 4.69) is 31.2 Å². The second-order valence-electron chi connectivity index (χ2n) is 7.37. The van der Waals surface area contributed by atoms with Crippen molar-refractivity contribution in [1.82, 2.24) is 15.1 Å². The first-order chi connectivity index (χ1) is 11.5. The zero-order valence-corrected chi connectivity index (χ0v) is 15.5. The maximum Gasteiger partial charge on any atom is 0.335 e. The number of carbonyl (C=O) groups excluding carboxylic acids is 1. The molecule has 25 heavy (non-hydrogen) atoms. The van der Waals surface area contributed by atoms with Crippen LogP contribution in [0.3, 0.4) is 0 Å². The lowest BCUT2D eigenvalue weighted by Crippen LogP contribution is -2.27. The summed E-state index contributed by atoms with van der Waals surface area (Å²) >= 11 is 0. The predicted octanol–water partition coefficient (Wildman–Crippen LogP) is 3.44. The van der Waals surface area contributed by atoms with Gasteiger partial charge in [-0.05, 0) is 65.3 Å². The van der Waals surface area contributed by atoms with Crippen molar-refractivity contribution >= 4 is 11.9 Å². The number of amides is 1. The number of hydrogen-bond acceptors (Lipinski definition) is 3. The van der Waals surface area contributed by atoms with Crippen molar-refractivity contribution in [2.75, 3.05) is 0 Å². The van der Waals surface area contributed by atoms with Gasteiger partial charge in [0.05, 0.1) is 22.8 Å². The van der Waals surface area contributed by atoms with Crippen LogP contribution in [0, 0.1) is 13.8 Å². The van der Waals surface area contributed by atoms with Crippen LogP contribution in [0.15, 0.2) is 24.4 Å². The standard InChI is InChI=1S/C19H25N3O3/c1-11-7-14(9-15(8-11)18(24)25)17(23)20-12(2)16-10-22(19(4,5)6)21-13(16)3/h7-10,12H,1-6H3,(H,20,23)(H,24,25). The molecule has 2 aromatic rings. The molecule has 0 fully saturated rings. The minimum atomic E-state index is -1.05. The van der Waals surface area contributed by atoms with Crippen molar-refractivity contribution in [3.8, 4) is 0 Å². The van der Waals surface area contributed by atoms with Crippen LogP contribution in [-0.2, 0) is 5.54 Å². The van der Waals surface area contributed by atoms with E-state index in [4.69, 9.17) is 5.11 Å². The molecule has 1 unspecified atom stereocenters. The van der Waals surface area contributed by atoms with Gasteiger partial charge in [-0.15, -0.1) is 0 Å². The maximum atomic E-state index is 12.5. The van der Waals surface area contributed by atoms with Gasteiger partial charge in [0.15, 0.2) is 0 Å². The molecule has 0 bridgehead atoms. The first kappa shape index (κ1) is 18.7. The van der Waals surface area contributed by atoms with Crippen LogP contribution in [-0.4, -0.2) is 26.8 Å². The van der Waals surface area contributed by atoms with Crippen LogP contribution < -0.4 is 5.32 Å². The quantitative estimate of drug-likeness (QED) is 0.890. The summed E-state index contributed by atoms with van der Waals surface area (Å²) in [6.07, 6.45) is 1.94. The van der Waals surface area contributed by atoms with Crippen LogP contribution in [0.1, 0.15) is 71.3 Å². The zero-order valence-electron chi connectivity index (χ0n) is 15.5. The Kier molecular flexibility index (Phi) is 5.02. The van der Waals surface area contributed by atoms with Crippen molar-refractivity contribution in [2.45, 2.75) is 53.1 Å². The Bertz CT molecular complexity index is 816. The number of nitrogens with one attached hydrogen (secondary N) is 1. The minimum absolute atomic E-state index is 0.106. The first-order valence-electron chi connectivity index (χ1n) is 8.21. The molecule has 0 spiro atoms. The Morgan fingerprint density at radius 1 is 1.16 bits per heavy atom. The van der Waals surface area contributed by atoms with Gasteiger partial charge in [-0.25, -0.2) is 4.79 Å². The van der Waals surface area contributed by atoms with Gasteiger partial charge >= 0.3 is 5.97 Å². The lowest BCUT2D eigenvalue weighted by Gasteiger charge is -2.19. The third kappa shape index (κ3) is 4.26. The van der Waals surface area contributed by atoms with Gasteiger partial charge in [0.25, 0.3) is 5.91 Å². The molecule has 134 valence electrons. The van der Waals surface area contributed by atoms with E-state index in [1.54, 1.807) is 19.1 Å². The molecule has 6 nitrogen and oxygen atoms in total. The molecule has 0 aliphatic heterocycles. The average Bonchev–Trinajstić information content (AvgIpc) is 2.88. The molecule has 1 aromatic carbocycles. The molecule has 0 saturated carbocycles. The zero-order chi connectivity index (χ0) is 18.9. The third-order valence-corrected chi connectivity index (χ3v) is 4.02. The van der Waals surface area contributed by atoms with Crippen LogP contribution >= 0.6 is 0 Å². The molecule has 1 aromatic heterocycles. The van der Waals surface area contributed by atoms with Crippen molar-refractivity contribution in [2.24, 2.45) is 0 Å². The molecule has 1 atom stereocenters. The van der Waals surface area contributed by atoms with Crippen molar-refractivity contribution in [1.29, 1.82) is 0 Å². The SMILES string of the molecule is Cc1cc(C(=O)O)cc(C(=O)NC(C)c2cn(C(C)(C)C)nc2C)c1. The molecule has 6 heteroatoms. The number of benzene rings is 1. The minimum Gasteiger partial charge on any atom is -0.478 e. The molecular weight excluding hydrogens is 318 g/mol. The second kappa shape index (κ2) is 6.70. The Labute approximate surface area is 147 Å². The monoisotopic (exact) mass is 343 g/mol. The fourth-order valence-corrected chi connectivity index (χ4v) is 2.64. The molecule has 0 aliphatic carbocycles. The van der Waals surface area contributed by atoms with Crippen LogP contribution in [0.5, 0.6) is 0 Å². The summed E-state index contributed by atoms with van der Waals surface area (Å²) in [4.78, 5) is 23.7. The van der Waals surface area contributed by atoms with Crippen LogP contribution in [0.4, 0.5) is 0 Å². The summed E-state index contributed by atoms with van der Waals surface area (Å²) in [5, 5.41) is 16.6. The van der Waals surface area contributed by atoms with E-state index in [0.29, 0.717) is 5.56 Å². The van der Waals surface area contributed by atoms with Crippen LogP contribution in [0.2, 0.25) is 0 Å². The number of aromatic carboxylic acids is 1. The first-order valence-corrected chi connectivity index (χ1v) is 8.21. The molecule has 1 heterocycles. The van der Waals surface area contributed by atoms with Gasteiger partial charge in [0.1, 0.15) is 0 Å². The highest BCUT2D eigenvalue weighted by atomic mass is 16.4.